The Kier molecular flexibility index (Phi) is 15.8. The second-order valence-electron chi connectivity index (χ2n) is 6.27. The maximum atomic E-state index is 5.47. The van der Waals surface area contributed by atoms with Crippen LogP contribution in [-0.4, -0.2) is 52.5 Å². The Morgan fingerprint density at radius 2 is 1.81 bits per heavy atom. The van der Waals surface area contributed by atoms with E-state index in [0.29, 0.717) is 19.1 Å². The molecule has 1 aromatic rings. The minimum atomic E-state index is 0. The number of aliphatic imine (C=N–C) groups is 1. The average molecular weight is 477 g/mol. The van der Waals surface area contributed by atoms with Crippen molar-refractivity contribution in [3.8, 4) is 0 Å². The van der Waals surface area contributed by atoms with E-state index in [2.05, 4.69) is 55.7 Å². The molecule has 1 aromatic carbocycles. The van der Waals surface area contributed by atoms with Gasteiger partial charge < -0.3 is 20.1 Å². The van der Waals surface area contributed by atoms with Crippen molar-refractivity contribution in [1.29, 1.82) is 0 Å². The van der Waals surface area contributed by atoms with Crippen molar-refractivity contribution in [2.24, 2.45) is 4.99 Å². The van der Waals surface area contributed by atoms with Gasteiger partial charge in [-0.15, -0.1) is 24.0 Å². The van der Waals surface area contributed by atoms with Gasteiger partial charge in [-0.25, -0.2) is 0 Å². The van der Waals surface area contributed by atoms with Crippen LogP contribution >= 0.6 is 24.0 Å². The minimum absolute atomic E-state index is 0. The molecule has 0 aliphatic rings. The monoisotopic (exact) mass is 477 g/mol. The zero-order valence-electron chi connectivity index (χ0n) is 16.7. The third-order valence-electron chi connectivity index (χ3n) is 3.95. The molecule has 2 N–H and O–H groups in total. The number of hydrogen-bond acceptors (Lipinski definition) is 3. The molecule has 1 unspecified atom stereocenters. The Morgan fingerprint density at radius 1 is 1.08 bits per heavy atom. The molecule has 0 spiro atoms. The summed E-state index contributed by atoms with van der Waals surface area (Å²) in [5, 5.41) is 6.71. The predicted octanol–water partition coefficient (Wildman–Crippen LogP) is 3.71. The van der Waals surface area contributed by atoms with Crippen LogP contribution in [0, 0.1) is 6.92 Å². The lowest BCUT2D eigenvalue weighted by Gasteiger charge is -2.14. The number of nitrogens with zero attached hydrogens (tertiary/aromatic N) is 1. The summed E-state index contributed by atoms with van der Waals surface area (Å²) in [7, 11) is 1.69. The lowest BCUT2D eigenvalue weighted by atomic mass is 10.0. The van der Waals surface area contributed by atoms with E-state index in [9.17, 15) is 0 Å². The Balaban J connectivity index is 0.00000625. The van der Waals surface area contributed by atoms with Gasteiger partial charge in [0.2, 0.25) is 0 Å². The van der Waals surface area contributed by atoms with Crippen molar-refractivity contribution in [2.75, 3.05) is 46.6 Å². The van der Waals surface area contributed by atoms with E-state index in [1.165, 1.54) is 11.1 Å². The van der Waals surface area contributed by atoms with Gasteiger partial charge in [0.1, 0.15) is 0 Å². The van der Waals surface area contributed by atoms with E-state index >= 15 is 0 Å². The third-order valence-corrected chi connectivity index (χ3v) is 3.95. The van der Waals surface area contributed by atoms with Crippen LogP contribution in [-0.2, 0) is 9.47 Å². The van der Waals surface area contributed by atoms with Crippen LogP contribution in [0.3, 0.4) is 0 Å². The summed E-state index contributed by atoms with van der Waals surface area (Å²) in [6.07, 6.45) is 2.10. The second kappa shape index (κ2) is 16.3. The summed E-state index contributed by atoms with van der Waals surface area (Å²) in [5.41, 5.74) is 2.62. The second-order valence-corrected chi connectivity index (χ2v) is 6.27. The highest BCUT2D eigenvalue weighted by atomic mass is 127. The molecule has 0 radical (unpaired) electrons. The first-order valence-electron chi connectivity index (χ1n) is 9.32. The van der Waals surface area contributed by atoms with Gasteiger partial charge in [0.05, 0.1) is 13.2 Å². The van der Waals surface area contributed by atoms with Gasteiger partial charge in [-0.1, -0.05) is 36.8 Å². The lowest BCUT2D eigenvalue weighted by Crippen LogP contribution is -2.38. The van der Waals surface area contributed by atoms with Crippen LogP contribution in [0.1, 0.15) is 43.7 Å². The molecule has 0 aliphatic heterocycles. The smallest absolute Gasteiger partial charge is 0.191 e. The number of aryl methyl sites for hydroxylation is 1. The Morgan fingerprint density at radius 3 is 2.46 bits per heavy atom. The first-order valence-corrected chi connectivity index (χ1v) is 9.32. The van der Waals surface area contributed by atoms with Crippen molar-refractivity contribution in [3.63, 3.8) is 0 Å². The number of methoxy groups -OCH3 is 1. The lowest BCUT2D eigenvalue weighted by molar-refractivity contribution is 0.0689. The van der Waals surface area contributed by atoms with Gasteiger partial charge in [-0.05, 0) is 32.3 Å². The van der Waals surface area contributed by atoms with E-state index in [4.69, 9.17) is 14.5 Å². The SMILES string of the molecule is CCNC(=NCC(C)c1ccc(C)cc1)NCCCCOCCOC.I. The minimum Gasteiger partial charge on any atom is -0.382 e. The highest BCUT2D eigenvalue weighted by Crippen LogP contribution is 2.15. The van der Waals surface area contributed by atoms with Gasteiger partial charge >= 0.3 is 0 Å². The summed E-state index contributed by atoms with van der Waals surface area (Å²) in [6, 6.07) is 8.71. The topological polar surface area (TPSA) is 54.9 Å². The molecule has 1 rings (SSSR count). The first-order chi connectivity index (χ1) is 12.2. The first kappa shape index (κ1) is 25.1. The van der Waals surface area contributed by atoms with Crippen LogP contribution in [0.2, 0.25) is 0 Å². The maximum Gasteiger partial charge on any atom is 0.191 e. The van der Waals surface area contributed by atoms with Gasteiger partial charge in [-0.3, -0.25) is 4.99 Å². The molecule has 5 nitrogen and oxygen atoms in total. The predicted molar refractivity (Wildman–Crippen MR) is 121 cm³/mol. The van der Waals surface area contributed by atoms with Crippen molar-refractivity contribution in [3.05, 3.63) is 35.4 Å². The molecule has 6 heteroatoms. The fourth-order valence-corrected chi connectivity index (χ4v) is 2.35. The molecule has 0 bridgehead atoms. The zero-order chi connectivity index (χ0) is 18.3. The molecular formula is C20H36IN3O2. The van der Waals surface area contributed by atoms with Crippen LogP contribution < -0.4 is 10.6 Å². The van der Waals surface area contributed by atoms with Crippen molar-refractivity contribution in [2.45, 2.75) is 39.5 Å². The van der Waals surface area contributed by atoms with E-state index in [0.717, 1.165) is 45.0 Å². The molecular weight excluding hydrogens is 441 g/mol. The summed E-state index contributed by atoms with van der Waals surface area (Å²) >= 11 is 0. The summed E-state index contributed by atoms with van der Waals surface area (Å²) < 4.78 is 10.4. The number of nitrogens with one attached hydrogen (secondary N) is 2. The molecule has 1 atom stereocenters. The number of halogens is 1. The van der Waals surface area contributed by atoms with E-state index in [-0.39, 0.29) is 24.0 Å². The van der Waals surface area contributed by atoms with Gasteiger partial charge in [-0.2, -0.15) is 0 Å². The highest BCUT2D eigenvalue weighted by molar-refractivity contribution is 14.0. The van der Waals surface area contributed by atoms with Crippen molar-refractivity contribution >= 4 is 29.9 Å². The van der Waals surface area contributed by atoms with Crippen molar-refractivity contribution in [1.82, 2.24) is 10.6 Å². The molecule has 0 aromatic heterocycles. The molecule has 26 heavy (non-hydrogen) atoms. The molecule has 0 saturated carbocycles. The van der Waals surface area contributed by atoms with Gasteiger partial charge in [0, 0.05) is 39.3 Å². The van der Waals surface area contributed by atoms with Crippen LogP contribution in [0.4, 0.5) is 0 Å². The molecule has 150 valence electrons. The fraction of sp³-hybridized carbons (Fsp3) is 0.650. The molecule has 0 fully saturated rings. The quantitative estimate of drug-likeness (QED) is 0.209. The Hall–Kier alpha value is -0.860. The van der Waals surface area contributed by atoms with Crippen LogP contribution in [0.25, 0.3) is 0 Å². The van der Waals surface area contributed by atoms with Crippen LogP contribution in [0.15, 0.2) is 29.3 Å². The highest BCUT2D eigenvalue weighted by Gasteiger charge is 2.05. The van der Waals surface area contributed by atoms with E-state index in [1.54, 1.807) is 7.11 Å². The normalized spacial score (nSPS) is 12.4. The van der Waals surface area contributed by atoms with Gasteiger partial charge in [0.25, 0.3) is 0 Å². The number of rotatable bonds is 12. The number of unbranched alkanes of at least 4 members (excludes halogenated alkanes) is 1. The Labute approximate surface area is 176 Å². The van der Waals surface area contributed by atoms with Gasteiger partial charge in [0.15, 0.2) is 5.96 Å². The maximum absolute atomic E-state index is 5.47. The molecule has 0 heterocycles. The summed E-state index contributed by atoms with van der Waals surface area (Å²) in [5.74, 6) is 1.30. The summed E-state index contributed by atoms with van der Waals surface area (Å²) in [4.78, 5) is 4.72. The largest absolute Gasteiger partial charge is 0.382 e. The average Bonchev–Trinajstić information content (AvgIpc) is 2.62. The summed E-state index contributed by atoms with van der Waals surface area (Å²) in [6.45, 7) is 11.1. The molecule has 0 amide bonds. The van der Waals surface area contributed by atoms with E-state index < -0.39 is 0 Å². The van der Waals surface area contributed by atoms with Crippen molar-refractivity contribution < 1.29 is 9.47 Å². The molecule has 0 aliphatic carbocycles. The number of guanidine groups is 1. The third kappa shape index (κ3) is 11.7. The standard InChI is InChI=1S/C20H35N3O2.HI/c1-5-21-20(22-12-6-7-13-25-15-14-24-4)23-16-18(3)19-10-8-17(2)9-11-19;/h8-11,18H,5-7,12-16H2,1-4H3,(H2,21,22,23);1H. The van der Waals surface area contributed by atoms with E-state index in [1.807, 2.05) is 0 Å². The number of benzene rings is 1. The number of ether oxygens (including phenoxy) is 2. The van der Waals surface area contributed by atoms with Crippen LogP contribution in [0.5, 0.6) is 0 Å². The fourth-order valence-electron chi connectivity index (χ4n) is 2.35. The molecule has 0 saturated heterocycles. The number of hydrogen-bond donors (Lipinski definition) is 2. The zero-order valence-corrected chi connectivity index (χ0v) is 19.0. The Bertz CT molecular complexity index is 480.